The number of carbonyl (C=O) groups excluding carboxylic acids is 1. The van der Waals surface area contributed by atoms with Crippen LogP contribution >= 0.6 is 22.9 Å². The van der Waals surface area contributed by atoms with Crippen molar-refractivity contribution in [3.05, 3.63) is 38.2 Å². The summed E-state index contributed by atoms with van der Waals surface area (Å²) in [5, 5.41) is 10.3. The molecule has 0 atom stereocenters. The smallest absolute Gasteiger partial charge is 0.304 e. The van der Waals surface area contributed by atoms with Crippen molar-refractivity contribution in [1.29, 1.82) is 0 Å². The van der Waals surface area contributed by atoms with Gasteiger partial charge in [-0.2, -0.15) is 13.2 Å². The first kappa shape index (κ1) is 18.4. The molecule has 0 aliphatic heterocycles. The van der Waals surface area contributed by atoms with Crippen LogP contribution in [0.15, 0.2) is 17.1 Å². The van der Waals surface area contributed by atoms with Gasteiger partial charge in [-0.25, -0.2) is 0 Å². The molecule has 1 N–H and O–H groups in total. The summed E-state index contributed by atoms with van der Waals surface area (Å²) in [5.41, 5.74) is -2.00. The molecule has 0 unspecified atom stereocenters. The maximum absolute atomic E-state index is 12.8. The second-order valence-corrected chi connectivity index (χ2v) is 6.57. The molecule has 0 aliphatic carbocycles. The van der Waals surface area contributed by atoms with Crippen LogP contribution in [0.1, 0.15) is 30.3 Å². The lowest BCUT2D eigenvalue weighted by Gasteiger charge is -2.11. The van der Waals surface area contributed by atoms with Gasteiger partial charge in [0.15, 0.2) is 0 Å². The van der Waals surface area contributed by atoms with Crippen molar-refractivity contribution in [3.63, 3.8) is 0 Å². The lowest BCUT2D eigenvalue weighted by molar-refractivity contribution is -0.138. The van der Waals surface area contributed by atoms with E-state index in [1.165, 1.54) is 0 Å². The molecule has 0 fully saturated rings. The van der Waals surface area contributed by atoms with Gasteiger partial charge < -0.3 is 4.57 Å². The van der Waals surface area contributed by atoms with E-state index in [0.29, 0.717) is 21.8 Å². The minimum Gasteiger partial charge on any atom is -0.304 e. The molecule has 0 aliphatic rings. The molecule has 24 heavy (non-hydrogen) atoms. The first-order chi connectivity index (χ1) is 11.1. The van der Waals surface area contributed by atoms with E-state index < -0.39 is 34.8 Å². The first-order valence-electron chi connectivity index (χ1n) is 6.68. The van der Waals surface area contributed by atoms with Crippen molar-refractivity contribution < 1.29 is 18.0 Å². The quantitative estimate of drug-likeness (QED) is 0.884. The number of carbonyl (C=O) groups is 1. The standard InChI is InChI=1S/C13H12ClF3N4O2S/c1-6(2)10-19-20-12(24-10)18-9(22)5-21-4-7(13(15,16)17)3-8(14)11(21)23/h3-4,6H,5H2,1-2H3,(H,18,20,22). The molecule has 0 bridgehead atoms. The summed E-state index contributed by atoms with van der Waals surface area (Å²) in [5.74, 6) is -0.586. The summed E-state index contributed by atoms with van der Waals surface area (Å²) < 4.78 is 38.9. The molecule has 0 radical (unpaired) electrons. The first-order valence-corrected chi connectivity index (χ1v) is 7.88. The van der Waals surface area contributed by atoms with Gasteiger partial charge in [-0.05, 0) is 6.07 Å². The number of hydrogen-bond donors (Lipinski definition) is 1. The lowest BCUT2D eigenvalue weighted by Crippen LogP contribution is -2.29. The monoisotopic (exact) mass is 380 g/mol. The van der Waals surface area contributed by atoms with Crippen LogP contribution in [-0.2, 0) is 17.5 Å². The highest BCUT2D eigenvalue weighted by molar-refractivity contribution is 7.15. The number of nitrogens with zero attached hydrogens (tertiary/aromatic N) is 3. The van der Waals surface area contributed by atoms with Crippen molar-refractivity contribution in [2.75, 3.05) is 5.32 Å². The highest BCUT2D eigenvalue weighted by Crippen LogP contribution is 2.29. The Bertz CT molecular complexity index is 816. The van der Waals surface area contributed by atoms with Crippen molar-refractivity contribution >= 4 is 34.0 Å². The minimum absolute atomic E-state index is 0.123. The van der Waals surface area contributed by atoms with E-state index in [4.69, 9.17) is 11.6 Å². The Morgan fingerprint density at radius 2 is 2.08 bits per heavy atom. The second kappa shape index (κ2) is 6.89. The summed E-state index contributed by atoms with van der Waals surface area (Å²) in [4.78, 5) is 23.7. The van der Waals surface area contributed by atoms with Crippen LogP contribution in [-0.4, -0.2) is 20.7 Å². The van der Waals surface area contributed by atoms with Gasteiger partial charge in [0, 0.05) is 12.1 Å². The van der Waals surface area contributed by atoms with Gasteiger partial charge in [0.25, 0.3) is 5.56 Å². The molecule has 2 aromatic rings. The summed E-state index contributed by atoms with van der Waals surface area (Å²) >= 11 is 6.67. The summed E-state index contributed by atoms with van der Waals surface area (Å²) in [6, 6.07) is 0.526. The largest absolute Gasteiger partial charge is 0.417 e. The maximum atomic E-state index is 12.8. The second-order valence-electron chi connectivity index (χ2n) is 5.16. The zero-order chi connectivity index (χ0) is 18.1. The van der Waals surface area contributed by atoms with Crippen LogP contribution in [0.25, 0.3) is 0 Å². The number of amides is 1. The van der Waals surface area contributed by atoms with Gasteiger partial charge in [0.05, 0.1) is 5.56 Å². The lowest BCUT2D eigenvalue weighted by atomic mass is 10.2. The molecular weight excluding hydrogens is 369 g/mol. The van der Waals surface area contributed by atoms with Crippen LogP contribution in [0.3, 0.4) is 0 Å². The molecule has 1 amide bonds. The minimum atomic E-state index is -4.68. The van der Waals surface area contributed by atoms with Gasteiger partial charge in [-0.15, -0.1) is 10.2 Å². The zero-order valence-corrected chi connectivity index (χ0v) is 14.1. The number of alkyl halides is 3. The van der Waals surface area contributed by atoms with Crippen LogP contribution in [0.4, 0.5) is 18.3 Å². The number of anilines is 1. The number of rotatable bonds is 4. The Labute approximate surface area is 143 Å². The van der Waals surface area contributed by atoms with Gasteiger partial charge >= 0.3 is 6.18 Å². The highest BCUT2D eigenvalue weighted by Gasteiger charge is 2.32. The maximum Gasteiger partial charge on any atom is 0.417 e. The Kier molecular flexibility index (Phi) is 5.29. The van der Waals surface area contributed by atoms with Crippen molar-refractivity contribution in [3.8, 4) is 0 Å². The summed E-state index contributed by atoms with van der Waals surface area (Å²) in [6.45, 7) is 3.17. The SMILES string of the molecule is CC(C)c1nnc(NC(=O)Cn2cc(C(F)(F)F)cc(Cl)c2=O)s1. The van der Waals surface area contributed by atoms with E-state index in [1.807, 2.05) is 13.8 Å². The third-order valence-corrected chi connectivity index (χ3v) is 4.27. The topological polar surface area (TPSA) is 76.9 Å². The molecule has 0 saturated heterocycles. The molecule has 2 heterocycles. The Balaban J connectivity index is 2.19. The Morgan fingerprint density at radius 3 is 2.62 bits per heavy atom. The molecule has 11 heteroatoms. The van der Waals surface area contributed by atoms with E-state index in [1.54, 1.807) is 0 Å². The van der Waals surface area contributed by atoms with Crippen LogP contribution in [0.5, 0.6) is 0 Å². The molecule has 0 saturated carbocycles. The van der Waals surface area contributed by atoms with Crippen molar-refractivity contribution in [1.82, 2.24) is 14.8 Å². The normalized spacial score (nSPS) is 11.8. The fraction of sp³-hybridized carbons (Fsp3) is 0.385. The average molecular weight is 381 g/mol. The molecular formula is C13H12ClF3N4O2S. The van der Waals surface area contributed by atoms with E-state index in [2.05, 4.69) is 15.5 Å². The predicted octanol–water partition coefficient (Wildman–Crippen LogP) is 3.13. The Morgan fingerprint density at radius 1 is 1.42 bits per heavy atom. The van der Waals surface area contributed by atoms with Gasteiger partial charge in [-0.3, -0.25) is 14.9 Å². The zero-order valence-electron chi connectivity index (χ0n) is 12.5. The van der Waals surface area contributed by atoms with E-state index in [0.717, 1.165) is 11.3 Å². The van der Waals surface area contributed by atoms with Crippen molar-refractivity contribution in [2.45, 2.75) is 32.5 Å². The third-order valence-electron chi connectivity index (χ3n) is 2.86. The molecule has 6 nitrogen and oxygen atoms in total. The van der Waals surface area contributed by atoms with Crippen molar-refractivity contribution in [2.24, 2.45) is 0 Å². The number of pyridine rings is 1. The van der Waals surface area contributed by atoms with E-state index in [9.17, 15) is 22.8 Å². The number of halogens is 4. The van der Waals surface area contributed by atoms with Gasteiger partial charge in [-0.1, -0.05) is 36.8 Å². The third kappa shape index (κ3) is 4.32. The predicted molar refractivity (Wildman–Crippen MR) is 83.3 cm³/mol. The molecule has 2 aromatic heterocycles. The fourth-order valence-corrected chi connectivity index (χ4v) is 2.69. The van der Waals surface area contributed by atoms with E-state index in [-0.39, 0.29) is 11.0 Å². The van der Waals surface area contributed by atoms with Crippen LogP contribution < -0.4 is 10.9 Å². The highest BCUT2D eigenvalue weighted by atomic mass is 35.5. The molecule has 0 aromatic carbocycles. The molecule has 0 spiro atoms. The molecule has 130 valence electrons. The van der Waals surface area contributed by atoms with Gasteiger partial charge in [0.1, 0.15) is 16.6 Å². The van der Waals surface area contributed by atoms with E-state index >= 15 is 0 Å². The van der Waals surface area contributed by atoms with Gasteiger partial charge in [0.2, 0.25) is 11.0 Å². The fourth-order valence-electron chi connectivity index (χ4n) is 1.70. The summed E-state index contributed by atoms with van der Waals surface area (Å²) in [7, 11) is 0. The van der Waals surface area contributed by atoms with Crippen LogP contribution in [0, 0.1) is 0 Å². The number of hydrogen-bond acceptors (Lipinski definition) is 5. The molecule has 2 rings (SSSR count). The van der Waals surface area contributed by atoms with Crippen LogP contribution in [0.2, 0.25) is 5.02 Å². The summed E-state index contributed by atoms with van der Waals surface area (Å²) in [6.07, 6.45) is -4.13. The average Bonchev–Trinajstić information content (AvgIpc) is 2.91. The number of nitrogens with one attached hydrogen (secondary N) is 1. The Hall–Kier alpha value is -1.94. The number of aromatic nitrogens is 3.